The minimum absolute atomic E-state index is 0.0616. The number of halogens is 2. The summed E-state index contributed by atoms with van der Waals surface area (Å²) >= 11 is 12.8. The molecular weight excluding hydrogens is 565 g/mol. The van der Waals surface area contributed by atoms with Gasteiger partial charge in [-0.25, -0.2) is 27.9 Å². The van der Waals surface area contributed by atoms with E-state index in [1.165, 1.54) is 18.2 Å². The van der Waals surface area contributed by atoms with E-state index in [0.717, 1.165) is 23.9 Å². The van der Waals surface area contributed by atoms with E-state index in [9.17, 15) is 18.0 Å². The van der Waals surface area contributed by atoms with Gasteiger partial charge in [0.2, 0.25) is 10.0 Å². The van der Waals surface area contributed by atoms with Crippen molar-refractivity contribution in [3.8, 4) is 5.69 Å². The van der Waals surface area contributed by atoms with Crippen LogP contribution in [0.2, 0.25) is 10.0 Å². The highest BCUT2D eigenvalue weighted by Gasteiger charge is 2.29. The van der Waals surface area contributed by atoms with Crippen molar-refractivity contribution in [3.63, 3.8) is 0 Å². The Morgan fingerprint density at radius 1 is 1.08 bits per heavy atom. The van der Waals surface area contributed by atoms with Gasteiger partial charge in [-0.2, -0.15) is 0 Å². The van der Waals surface area contributed by atoms with Gasteiger partial charge in [-0.1, -0.05) is 23.2 Å². The topological polar surface area (TPSA) is 146 Å². The van der Waals surface area contributed by atoms with Crippen molar-refractivity contribution in [2.45, 2.75) is 23.8 Å². The number of nitrogens with one attached hydrogen (secondary N) is 3. The first-order chi connectivity index (χ1) is 18.7. The van der Waals surface area contributed by atoms with Crippen LogP contribution in [0.1, 0.15) is 12.8 Å². The van der Waals surface area contributed by atoms with Crippen LogP contribution in [-0.4, -0.2) is 52.1 Å². The SMILES string of the molecule is O=c1[nH]c(=O)c2ccc(S(=O)(=O)NC[C@@H]3CCCN3c3cc(-n4ccnc4)c4ccc(Cl)c(Cl)c4n3)cc2[nH]1. The molecule has 3 N–H and O–H groups in total. The Kier molecular flexibility index (Phi) is 6.42. The zero-order valence-corrected chi connectivity index (χ0v) is 22.5. The van der Waals surface area contributed by atoms with Gasteiger partial charge >= 0.3 is 5.69 Å². The number of hydrogen-bond acceptors (Lipinski definition) is 7. The van der Waals surface area contributed by atoms with Crippen molar-refractivity contribution < 1.29 is 8.42 Å². The molecule has 4 heterocycles. The molecule has 3 aromatic heterocycles. The maximum absolute atomic E-state index is 13.1. The molecule has 0 unspecified atom stereocenters. The molecule has 14 heteroatoms. The van der Waals surface area contributed by atoms with Gasteiger partial charge in [0.15, 0.2) is 0 Å². The average Bonchev–Trinajstić information content (AvgIpc) is 3.61. The van der Waals surface area contributed by atoms with Gasteiger partial charge in [0.25, 0.3) is 5.56 Å². The van der Waals surface area contributed by atoms with E-state index in [0.29, 0.717) is 27.9 Å². The minimum Gasteiger partial charge on any atom is -0.352 e. The van der Waals surface area contributed by atoms with Crippen molar-refractivity contribution >= 4 is 60.8 Å². The van der Waals surface area contributed by atoms with Crippen molar-refractivity contribution in [1.29, 1.82) is 0 Å². The monoisotopic (exact) mass is 585 g/mol. The first-order valence-electron chi connectivity index (χ1n) is 12.0. The number of pyridine rings is 1. The summed E-state index contributed by atoms with van der Waals surface area (Å²) in [6.45, 7) is 0.794. The number of fused-ring (bicyclic) bond motifs is 2. The number of imidazole rings is 1. The molecule has 1 fully saturated rings. The third-order valence-corrected chi connectivity index (χ3v) is 9.04. The summed E-state index contributed by atoms with van der Waals surface area (Å²) in [5.41, 5.74) is 0.189. The lowest BCUT2D eigenvalue weighted by atomic mass is 10.1. The number of aromatic amines is 2. The highest BCUT2D eigenvalue weighted by atomic mass is 35.5. The molecule has 200 valence electrons. The number of nitrogens with zero attached hydrogens (tertiary/aromatic N) is 4. The largest absolute Gasteiger partial charge is 0.352 e. The predicted molar refractivity (Wildman–Crippen MR) is 150 cm³/mol. The molecule has 1 aliphatic heterocycles. The second kappa shape index (κ2) is 9.79. The van der Waals surface area contributed by atoms with Gasteiger partial charge in [0, 0.05) is 43.0 Å². The van der Waals surface area contributed by atoms with Crippen LogP contribution in [0, 0.1) is 0 Å². The van der Waals surface area contributed by atoms with Gasteiger partial charge in [-0.15, -0.1) is 0 Å². The van der Waals surface area contributed by atoms with Crippen LogP contribution < -0.4 is 20.9 Å². The summed E-state index contributed by atoms with van der Waals surface area (Å²) in [7, 11) is -3.94. The third-order valence-electron chi connectivity index (χ3n) is 6.82. The molecule has 5 aromatic rings. The summed E-state index contributed by atoms with van der Waals surface area (Å²) < 4.78 is 30.8. The molecule has 11 nitrogen and oxygen atoms in total. The predicted octanol–water partition coefficient (Wildman–Crippen LogP) is 3.20. The van der Waals surface area contributed by atoms with Crippen molar-refractivity contribution in [2.75, 3.05) is 18.0 Å². The van der Waals surface area contributed by atoms with Crippen molar-refractivity contribution in [2.24, 2.45) is 0 Å². The molecule has 0 radical (unpaired) electrons. The molecular formula is C25H21Cl2N7O4S. The Labute approximate surface area is 231 Å². The summed E-state index contributed by atoms with van der Waals surface area (Å²) in [6.07, 6.45) is 6.76. The standard InChI is InChI=1S/C25H21Cl2N7O4S/c26-18-6-5-17-20(33-9-7-28-13-33)11-21(31-23(17)22(18)27)34-8-1-2-14(34)12-29-39(37,38)15-3-4-16-19(10-15)30-25(36)32-24(16)35/h3-7,9-11,13-14,29H,1-2,8,12H2,(H2,30,32,35,36)/t14-/m0/s1. The van der Waals surface area contributed by atoms with Crippen LogP contribution in [0.3, 0.4) is 0 Å². The first kappa shape index (κ1) is 25.6. The number of anilines is 1. The average molecular weight is 586 g/mol. The number of aromatic nitrogens is 5. The Morgan fingerprint density at radius 2 is 1.90 bits per heavy atom. The molecule has 0 spiro atoms. The Morgan fingerprint density at radius 3 is 2.69 bits per heavy atom. The molecule has 2 aromatic carbocycles. The van der Waals surface area contributed by atoms with Crippen molar-refractivity contribution in [1.82, 2.24) is 29.2 Å². The first-order valence-corrected chi connectivity index (χ1v) is 14.2. The number of hydrogen-bond donors (Lipinski definition) is 3. The summed E-state index contributed by atoms with van der Waals surface area (Å²) in [5, 5.41) is 1.71. The van der Waals surface area contributed by atoms with E-state index in [4.69, 9.17) is 28.2 Å². The lowest BCUT2D eigenvalue weighted by Gasteiger charge is -2.27. The van der Waals surface area contributed by atoms with E-state index in [-0.39, 0.29) is 28.4 Å². The molecule has 1 saturated heterocycles. The molecule has 0 amide bonds. The van der Waals surface area contributed by atoms with E-state index >= 15 is 0 Å². The molecule has 1 aliphatic rings. The van der Waals surface area contributed by atoms with Crippen LogP contribution in [-0.2, 0) is 10.0 Å². The van der Waals surface area contributed by atoms with Crippen LogP contribution >= 0.6 is 23.2 Å². The summed E-state index contributed by atoms with van der Waals surface area (Å²) in [6, 6.07) is 9.30. The number of rotatable bonds is 6. The normalized spacial score (nSPS) is 15.9. The van der Waals surface area contributed by atoms with Gasteiger partial charge in [0.1, 0.15) is 5.82 Å². The smallest absolute Gasteiger partial charge is 0.326 e. The van der Waals surface area contributed by atoms with Crippen LogP contribution in [0.15, 0.2) is 69.6 Å². The minimum atomic E-state index is -3.94. The fraction of sp³-hybridized carbons (Fsp3) is 0.200. The number of benzene rings is 2. The van der Waals surface area contributed by atoms with Crippen LogP contribution in [0.5, 0.6) is 0 Å². The molecule has 0 bridgehead atoms. The number of H-pyrrole nitrogens is 2. The fourth-order valence-electron chi connectivity index (χ4n) is 4.92. The maximum Gasteiger partial charge on any atom is 0.326 e. The van der Waals surface area contributed by atoms with Crippen LogP contribution in [0.25, 0.3) is 27.5 Å². The quantitative estimate of drug-likeness (QED) is 0.277. The molecule has 0 aliphatic carbocycles. The number of sulfonamides is 1. The third kappa shape index (κ3) is 4.69. The van der Waals surface area contributed by atoms with E-state index < -0.39 is 21.3 Å². The van der Waals surface area contributed by atoms with E-state index in [2.05, 4.69) is 24.6 Å². The Balaban J connectivity index is 1.31. The van der Waals surface area contributed by atoms with E-state index in [1.54, 1.807) is 18.6 Å². The lowest BCUT2D eigenvalue weighted by Crippen LogP contribution is -2.40. The highest BCUT2D eigenvalue weighted by Crippen LogP contribution is 2.36. The van der Waals surface area contributed by atoms with Gasteiger partial charge < -0.3 is 14.5 Å². The summed E-state index contributed by atoms with van der Waals surface area (Å²) in [5.74, 6) is 0.638. The van der Waals surface area contributed by atoms with E-state index in [1.807, 2.05) is 22.9 Å². The summed E-state index contributed by atoms with van der Waals surface area (Å²) in [4.78, 5) is 39.2. The van der Waals surface area contributed by atoms with Crippen molar-refractivity contribution in [3.05, 3.63) is 86.0 Å². The maximum atomic E-state index is 13.1. The molecule has 0 saturated carbocycles. The second-order valence-corrected chi connectivity index (χ2v) is 11.7. The molecule has 6 rings (SSSR count). The lowest BCUT2D eigenvalue weighted by molar-refractivity contribution is 0.566. The van der Waals surface area contributed by atoms with Gasteiger partial charge in [-0.3, -0.25) is 9.78 Å². The zero-order chi connectivity index (χ0) is 27.3. The Hall–Kier alpha value is -3.71. The zero-order valence-electron chi connectivity index (χ0n) is 20.2. The molecule has 1 atom stereocenters. The fourth-order valence-corrected chi connectivity index (χ4v) is 6.38. The Bertz CT molecular complexity index is 1960. The molecule has 39 heavy (non-hydrogen) atoms. The van der Waals surface area contributed by atoms with Gasteiger partial charge in [-0.05, 0) is 43.2 Å². The second-order valence-electron chi connectivity index (χ2n) is 9.18. The van der Waals surface area contributed by atoms with Gasteiger partial charge in [0.05, 0.1) is 43.4 Å². The highest BCUT2D eigenvalue weighted by molar-refractivity contribution is 7.89. The van der Waals surface area contributed by atoms with Crippen LogP contribution in [0.4, 0.5) is 5.82 Å².